The van der Waals surface area contributed by atoms with E-state index in [9.17, 15) is 0 Å². The zero-order valence-electron chi connectivity index (χ0n) is 49.7. The lowest BCUT2D eigenvalue weighted by atomic mass is 9.92. The zero-order valence-corrected chi connectivity index (χ0v) is 50.9. The monoisotopic (exact) mass is 1200 g/mol. The number of pyridine rings is 3. The zero-order chi connectivity index (χ0) is 61.2. The maximum Gasteiger partial charge on any atom is 1.20 e. The van der Waals surface area contributed by atoms with Crippen LogP contribution in [0.3, 0.4) is 0 Å². The molecule has 0 fully saturated rings. The number of para-hydroxylation sites is 3. The van der Waals surface area contributed by atoms with Crippen LogP contribution in [0.15, 0.2) is 328 Å². The summed E-state index contributed by atoms with van der Waals surface area (Å²) in [5.41, 5.74) is 14.1. The van der Waals surface area contributed by atoms with Crippen LogP contribution in [0.5, 0.6) is 17.2 Å². The first-order chi connectivity index (χ1) is 45.6. The Hall–Kier alpha value is -11.9. The second kappa shape index (κ2) is 24.6. The maximum atomic E-state index is 6.41. The minimum Gasteiger partial charge on any atom is -0.576 e. The second-order valence-corrected chi connectivity index (χ2v) is 23.9. The summed E-state index contributed by atoms with van der Waals surface area (Å²) in [4.78, 5) is 24.2. The van der Waals surface area contributed by atoms with Gasteiger partial charge in [0, 0.05) is 51.4 Å². The standard InChI is InChI=1S/C56H36N2.3C9H7NO.Al/c1-2-14-37(15-3-1)38-28-30-39(31-29-38)54-36-55(44-20-12-18-40(32-44)52-34-42-16-4-6-22-46(42)48-24-8-10-26-50(48)52)58-56(57-54)45-21-13-19-41(33-45)53-35-43-17-5-7-23-47(43)49-25-9-11-27-51(49)53;3*11-8-5-1-3-7-4-2-6-10-9(7)8;/h1-36H;3*1-6,11H;/q;;;;+3/p-3. The molecule has 0 radical (unpaired) electrons. The van der Waals surface area contributed by atoms with Crippen molar-refractivity contribution in [1.82, 2.24) is 24.9 Å². The normalized spacial score (nSPS) is 11.3. The van der Waals surface area contributed by atoms with Crippen molar-refractivity contribution in [2.45, 2.75) is 0 Å². The van der Waals surface area contributed by atoms with Crippen molar-refractivity contribution in [3.63, 3.8) is 0 Å². The molecule has 0 bridgehead atoms. The van der Waals surface area contributed by atoms with Crippen LogP contribution in [-0.2, 0) is 0 Å². The van der Waals surface area contributed by atoms with Gasteiger partial charge in [0.25, 0.3) is 0 Å². The molecule has 0 N–H and O–H groups in total. The quantitative estimate of drug-likeness (QED) is 0.0882. The Balaban J connectivity index is 0.000000168. The maximum absolute atomic E-state index is 6.41. The largest absolute Gasteiger partial charge is 1.20 e. The summed E-state index contributed by atoms with van der Waals surface area (Å²) >= 11 is -2.86. The van der Waals surface area contributed by atoms with Gasteiger partial charge in [0.05, 0.1) is 11.4 Å². The summed E-state index contributed by atoms with van der Waals surface area (Å²) in [5.74, 6) is 2.51. The fourth-order valence-corrected chi connectivity index (χ4v) is 13.8. The third-order valence-corrected chi connectivity index (χ3v) is 18.2. The minimum absolute atomic E-state index is 0.608. The van der Waals surface area contributed by atoms with Crippen molar-refractivity contribution in [2.75, 3.05) is 0 Å². The number of aromatic nitrogens is 5. The van der Waals surface area contributed by atoms with Gasteiger partial charge in [0.1, 0.15) is 33.8 Å². The second-order valence-electron chi connectivity index (χ2n) is 22.6. The molecular weight excluding hydrogens is 1140 g/mol. The van der Waals surface area contributed by atoms with Gasteiger partial charge in [0.2, 0.25) is 0 Å². The van der Waals surface area contributed by atoms with Gasteiger partial charge in [-0.2, -0.15) is 0 Å². The lowest BCUT2D eigenvalue weighted by Crippen LogP contribution is -2.37. The molecule has 17 rings (SSSR count). The van der Waals surface area contributed by atoms with Crippen molar-refractivity contribution in [3.8, 4) is 84.5 Å². The van der Waals surface area contributed by atoms with E-state index in [1.54, 1.807) is 18.6 Å². The van der Waals surface area contributed by atoms with Gasteiger partial charge in [0.15, 0.2) is 5.82 Å². The van der Waals surface area contributed by atoms with Crippen molar-refractivity contribution in [1.29, 1.82) is 0 Å². The summed E-state index contributed by atoms with van der Waals surface area (Å²) in [6.07, 6.45) is 5.24. The van der Waals surface area contributed by atoms with Gasteiger partial charge in [-0.25, -0.2) is 9.97 Å². The third-order valence-electron chi connectivity index (χ3n) is 16.9. The van der Waals surface area contributed by atoms with Crippen LogP contribution in [0.2, 0.25) is 0 Å². The molecule has 432 valence electrons. The van der Waals surface area contributed by atoms with Crippen LogP contribution in [0, 0.1) is 0 Å². The number of hydrogen-bond acceptors (Lipinski definition) is 8. The Labute approximate surface area is 536 Å². The number of fused-ring (bicyclic) bond motifs is 9. The highest BCUT2D eigenvalue weighted by atomic mass is 27.3. The molecule has 0 unspecified atom stereocenters. The average molecular weight is 1200 g/mol. The highest BCUT2D eigenvalue weighted by Crippen LogP contribution is 2.40. The van der Waals surface area contributed by atoms with Gasteiger partial charge < -0.3 is 11.4 Å². The molecule has 4 heterocycles. The van der Waals surface area contributed by atoms with E-state index in [1.165, 1.54) is 65.3 Å². The highest BCUT2D eigenvalue weighted by molar-refractivity contribution is 6.40. The fraction of sp³-hybridized carbons (Fsp3) is 0. The highest BCUT2D eigenvalue weighted by Gasteiger charge is 2.46. The molecule has 0 amide bonds. The fourth-order valence-electron chi connectivity index (χ4n) is 12.5. The van der Waals surface area contributed by atoms with Gasteiger partial charge in [-0.15, -0.1) is 0 Å². The SMILES string of the molecule is c1ccc(-c2ccc(-c3cc(-c4cccc(-c5cc6ccccc6c6ccccc56)c4)nc(-c4cccc(-c5cc6ccccc6c6ccccc56)c4)n3)cc2)cc1.c1cnc2c([O][Al]([O]c3cccc4cccnc34)[O]c3cccc4cccnc34)cccc2c1. The van der Waals surface area contributed by atoms with Crippen LogP contribution >= 0.6 is 0 Å². The third kappa shape index (κ3) is 11.1. The summed E-state index contributed by atoms with van der Waals surface area (Å²) < 4.78 is 19.2. The van der Waals surface area contributed by atoms with Crippen molar-refractivity contribution >= 4 is 90.9 Å². The summed E-state index contributed by atoms with van der Waals surface area (Å²) in [6, 6.07) is 107. The van der Waals surface area contributed by atoms with Gasteiger partial charge in [-0.1, -0.05) is 243 Å². The summed E-state index contributed by atoms with van der Waals surface area (Å²) in [5, 5.41) is 12.9. The number of hydrogen-bond donors (Lipinski definition) is 0. The Bertz CT molecular complexity index is 5220. The molecule has 4 aromatic heterocycles. The number of rotatable bonds is 12. The van der Waals surface area contributed by atoms with Crippen LogP contribution in [0.1, 0.15) is 0 Å². The van der Waals surface area contributed by atoms with Gasteiger partial charge in [-0.05, 0) is 143 Å². The number of nitrogens with zero attached hydrogens (tertiary/aromatic N) is 5. The lowest BCUT2D eigenvalue weighted by Gasteiger charge is -2.18. The van der Waals surface area contributed by atoms with E-state index in [-0.39, 0.29) is 0 Å². The topological polar surface area (TPSA) is 92.1 Å². The first-order valence-electron chi connectivity index (χ1n) is 30.7. The first-order valence-corrected chi connectivity index (χ1v) is 32.1. The van der Waals surface area contributed by atoms with Crippen LogP contribution in [0.25, 0.3) is 143 Å². The van der Waals surface area contributed by atoms with Crippen LogP contribution in [0.4, 0.5) is 0 Å². The molecule has 13 aromatic carbocycles. The summed E-state index contributed by atoms with van der Waals surface area (Å²) in [6.45, 7) is 0. The van der Waals surface area contributed by atoms with Crippen LogP contribution in [-0.4, -0.2) is 40.1 Å². The predicted octanol–water partition coefficient (Wildman–Crippen LogP) is 20.9. The molecule has 9 heteroatoms. The molecule has 92 heavy (non-hydrogen) atoms. The Morgan fingerprint density at radius 3 is 1.08 bits per heavy atom. The molecular formula is C83H54AlN5O3. The molecule has 0 aliphatic rings. The molecule has 0 saturated heterocycles. The lowest BCUT2D eigenvalue weighted by molar-refractivity contribution is 0.311. The molecule has 17 aromatic rings. The Morgan fingerprint density at radius 1 is 0.228 bits per heavy atom. The van der Waals surface area contributed by atoms with Crippen molar-refractivity contribution in [2.24, 2.45) is 0 Å². The van der Waals surface area contributed by atoms with E-state index in [1.807, 2.05) is 91.0 Å². The summed E-state index contributed by atoms with van der Waals surface area (Å²) in [7, 11) is 0. The first kappa shape index (κ1) is 55.5. The molecule has 8 nitrogen and oxygen atoms in total. The van der Waals surface area contributed by atoms with Gasteiger partial charge in [-0.3, -0.25) is 15.0 Å². The molecule has 0 atom stereocenters. The molecule has 0 aliphatic carbocycles. The number of benzene rings is 13. The average Bonchev–Trinajstić information content (AvgIpc) is 1.07. The Morgan fingerprint density at radius 2 is 0.576 bits per heavy atom. The molecule has 0 spiro atoms. The molecule has 0 aliphatic heterocycles. The Kier molecular flexibility index (Phi) is 14.8. The van der Waals surface area contributed by atoms with E-state index in [2.05, 4.69) is 233 Å². The van der Waals surface area contributed by atoms with Crippen molar-refractivity contribution < 1.29 is 11.4 Å². The minimum atomic E-state index is -2.86. The van der Waals surface area contributed by atoms with Crippen molar-refractivity contribution in [3.05, 3.63) is 328 Å². The van der Waals surface area contributed by atoms with E-state index in [0.717, 1.165) is 71.9 Å². The molecule has 0 saturated carbocycles. The predicted molar refractivity (Wildman–Crippen MR) is 378 cm³/mol. The van der Waals surface area contributed by atoms with E-state index >= 15 is 0 Å². The smallest absolute Gasteiger partial charge is 0.576 e. The van der Waals surface area contributed by atoms with E-state index in [4.69, 9.17) is 21.3 Å². The van der Waals surface area contributed by atoms with E-state index in [0.29, 0.717) is 23.1 Å². The van der Waals surface area contributed by atoms with E-state index < -0.39 is 15.1 Å². The van der Waals surface area contributed by atoms with Gasteiger partial charge >= 0.3 is 15.1 Å². The van der Waals surface area contributed by atoms with Crippen LogP contribution < -0.4 is 11.4 Å².